The molecule has 4 rings (SSSR count). The third-order valence-corrected chi connectivity index (χ3v) is 5.14. The monoisotopic (exact) mass is 403 g/mol. The Morgan fingerprint density at radius 3 is 2.92 bits per heavy atom. The maximum Gasteiger partial charge on any atom is 0.273 e. The number of nitrogens with zero attached hydrogens (tertiary/aromatic N) is 2. The van der Waals surface area contributed by atoms with Gasteiger partial charge in [-0.15, -0.1) is 36.2 Å². The number of carbonyl (C=O) groups is 1. The minimum atomic E-state index is -0.0267. The van der Waals surface area contributed by atoms with Crippen LogP contribution in [0.3, 0.4) is 0 Å². The van der Waals surface area contributed by atoms with Crippen molar-refractivity contribution >= 4 is 42.1 Å². The predicted octanol–water partition coefficient (Wildman–Crippen LogP) is 2.95. The number of aromatic nitrogens is 1. The summed E-state index contributed by atoms with van der Waals surface area (Å²) in [7, 11) is 0. The van der Waals surface area contributed by atoms with Crippen molar-refractivity contribution in [2.45, 2.75) is 18.9 Å². The van der Waals surface area contributed by atoms with Crippen molar-refractivity contribution in [3.8, 4) is 22.1 Å². The molecule has 2 aliphatic heterocycles. The molecule has 0 radical (unpaired) electrons. The van der Waals surface area contributed by atoms with E-state index in [-0.39, 0.29) is 43.6 Å². The smallest absolute Gasteiger partial charge is 0.273 e. The number of hydrogen-bond donors (Lipinski definition) is 1. The highest BCUT2D eigenvalue weighted by Crippen LogP contribution is 2.36. The van der Waals surface area contributed by atoms with Gasteiger partial charge in [-0.2, -0.15) is 0 Å². The molecule has 1 atom stereocenters. The average molecular weight is 404 g/mol. The number of benzene rings is 1. The number of thiazole rings is 1. The Bertz CT molecular complexity index is 756. The first kappa shape index (κ1) is 19.8. The molecule has 1 aromatic heterocycles. The molecule has 6 nitrogen and oxygen atoms in total. The second-order valence-corrected chi connectivity index (χ2v) is 6.49. The second kappa shape index (κ2) is 8.23. The summed E-state index contributed by atoms with van der Waals surface area (Å²) in [6.07, 6.45) is 1.98. The van der Waals surface area contributed by atoms with Crippen LogP contribution in [0.4, 0.5) is 0 Å². The first-order valence-corrected chi connectivity index (χ1v) is 8.51. The number of fused-ring (bicyclic) bond motifs is 1. The summed E-state index contributed by atoms with van der Waals surface area (Å²) in [6, 6.07) is 5.83. The molecule has 2 aliphatic rings. The highest BCUT2D eigenvalue weighted by Gasteiger charge is 2.29. The zero-order valence-electron chi connectivity index (χ0n) is 13.3. The number of nitrogens with two attached hydrogens (primary N) is 1. The number of rotatable bonds is 3. The molecule has 1 saturated heterocycles. The van der Waals surface area contributed by atoms with Gasteiger partial charge in [-0.1, -0.05) is 0 Å². The maximum atomic E-state index is 12.6. The fraction of sp³-hybridized carbons (Fsp3) is 0.375. The Hall–Kier alpha value is -1.54. The fourth-order valence-electron chi connectivity index (χ4n) is 3.03. The second-order valence-electron chi connectivity index (χ2n) is 5.64. The zero-order chi connectivity index (χ0) is 15.8. The standard InChI is InChI=1S/C16H17N3O3S.2ClH/c17-7-11-2-1-5-19(11)16(20)12-8-23-15(18-12)10-3-4-13-14(6-10)22-9-21-13;;/h3-4,6,8,11H,1-2,5,7,9,17H2;2*1H. The number of carbonyl (C=O) groups excluding carboxylic acids is 1. The first-order valence-electron chi connectivity index (χ1n) is 7.63. The van der Waals surface area contributed by atoms with E-state index in [2.05, 4.69) is 4.98 Å². The molecule has 136 valence electrons. The van der Waals surface area contributed by atoms with E-state index in [4.69, 9.17) is 15.2 Å². The molecular formula is C16H19Cl2N3O3S. The fourth-order valence-corrected chi connectivity index (χ4v) is 3.82. The molecular weight excluding hydrogens is 385 g/mol. The number of likely N-dealkylation sites (tertiary alicyclic amines) is 1. The average Bonchev–Trinajstić information content (AvgIpc) is 3.32. The minimum absolute atomic E-state index is 0. The van der Waals surface area contributed by atoms with Crippen LogP contribution in [0.2, 0.25) is 0 Å². The van der Waals surface area contributed by atoms with Gasteiger partial charge in [0.25, 0.3) is 5.91 Å². The number of amides is 1. The van der Waals surface area contributed by atoms with Crippen molar-refractivity contribution in [2.24, 2.45) is 5.73 Å². The summed E-state index contributed by atoms with van der Waals surface area (Å²) < 4.78 is 10.7. The van der Waals surface area contributed by atoms with Crippen LogP contribution in [0.1, 0.15) is 23.3 Å². The van der Waals surface area contributed by atoms with Crippen molar-refractivity contribution in [3.63, 3.8) is 0 Å². The van der Waals surface area contributed by atoms with Gasteiger partial charge in [-0.05, 0) is 31.0 Å². The van der Waals surface area contributed by atoms with Gasteiger partial charge in [0.05, 0.1) is 0 Å². The van der Waals surface area contributed by atoms with Crippen molar-refractivity contribution in [3.05, 3.63) is 29.3 Å². The summed E-state index contributed by atoms with van der Waals surface area (Å²) >= 11 is 1.46. The molecule has 25 heavy (non-hydrogen) atoms. The molecule has 0 bridgehead atoms. The van der Waals surface area contributed by atoms with E-state index in [1.807, 2.05) is 28.5 Å². The normalized spacial score (nSPS) is 17.8. The Morgan fingerprint density at radius 2 is 2.12 bits per heavy atom. The molecule has 2 aromatic rings. The third kappa shape index (κ3) is 3.69. The molecule has 3 heterocycles. The minimum Gasteiger partial charge on any atom is -0.454 e. The number of hydrogen-bond acceptors (Lipinski definition) is 6. The van der Waals surface area contributed by atoms with E-state index < -0.39 is 0 Å². The van der Waals surface area contributed by atoms with Crippen LogP contribution < -0.4 is 15.2 Å². The molecule has 1 unspecified atom stereocenters. The molecule has 0 saturated carbocycles. The molecule has 1 aromatic carbocycles. The number of halogens is 2. The molecule has 9 heteroatoms. The van der Waals surface area contributed by atoms with Crippen LogP contribution in [0.25, 0.3) is 10.6 Å². The van der Waals surface area contributed by atoms with E-state index >= 15 is 0 Å². The van der Waals surface area contributed by atoms with Gasteiger partial charge in [0.15, 0.2) is 11.5 Å². The molecule has 1 fully saturated rings. The maximum absolute atomic E-state index is 12.6. The van der Waals surface area contributed by atoms with E-state index in [9.17, 15) is 4.79 Å². The van der Waals surface area contributed by atoms with E-state index in [0.29, 0.717) is 18.0 Å². The molecule has 1 amide bonds. The van der Waals surface area contributed by atoms with Crippen molar-refractivity contribution in [2.75, 3.05) is 19.9 Å². The lowest BCUT2D eigenvalue weighted by Gasteiger charge is -2.22. The van der Waals surface area contributed by atoms with E-state index in [1.165, 1.54) is 11.3 Å². The van der Waals surface area contributed by atoms with E-state index in [1.54, 1.807) is 0 Å². The molecule has 0 aliphatic carbocycles. The number of ether oxygens (including phenoxy) is 2. The molecule has 2 N–H and O–H groups in total. The summed E-state index contributed by atoms with van der Waals surface area (Å²) in [5.74, 6) is 1.43. The van der Waals surface area contributed by atoms with Crippen molar-refractivity contribution in [1.82, 2.24) is 9.88 Å². The van der Waals surface area contributed by atoms with Crippen LogP contribution in [-0.2, 0) is 0 Å². The topological polar surface area (TPSA) is 77.7 Å². The SMILES string of the molecule is Cl.Cl.NCC1CCCN1C(=O)c1csc(-c2ccc3c(c2)OCO3)n1. The summed E-state index contributed by atoms with van der Waals surface area (Å²) in [4.78, 5) is 19.0. The van der Waals surface area contributed by atoms with Crippen LogP contribution in [0, 0.1) is 0 Å². The van der Waals surface area contributed by atoms with Crippen LogP contribution in [0.5, 0.6) is 11.5 Å². The van der Waals surface area contributed by atoms with Gasteiger partial charge >= 0.3 is 0 Å². The van der Waals surface area contributed by atoms with E-state index in [0.717, 1.165) is 35.7 Å². The van der Waals surface area contributed by atoms with Crippen molar-refractivity contribution < 1.29 is 14.3 Å². The lowest BCUT2D eigenvalue weighted by atomic mass is 10.2. The lowest BCUT2D eigenvalue weighted by molar-refractivity contribution is 0.0736. The largest absolute Gasteiger partial charge is 0.454 e. The third-order valence-electron chi connectivity index (χ3n) is 4.25. The van der Waals surface area contributed by atoms with Gasteiger partial charge < -0.3 is 20.1 Å². The van der Waals surface area contributed by atoms with Gasteiger partial charge in [0.1, 0.15) is 10.7 Å². The lowest BCUT2D eigenvalue weighted by Crippen LogP contribution is -2.40. The van der Waals surface area contributed by atoms with Gasteiger partial charge in [-0.25, -0.2) is 4.98 Å². The van der Waals surface area contributed by atoms with Gasteiger partial charge in [-0.3, -0.25) is 4.79 Å². The Balaban J connectivity index is 0.00000113. The van der Waals surface area contributed by atoms with Crippen molar-refractivity contribution in [1.29, 1.82) is 0 Å². The van der Waals surface area contributed by atoms with Crippen LogP contribution in [-0.4, -0.2) is 41.7 Å². The van der Waals surface area contributed by atoms with Crippen LogP contribution >= 0.6 is 36.2 Å². The van der Waals surface area contributed by atoms with Gasteiger partial charge in [0, 0.05) is 30.1 Å². The quantitative estimate of drug-likeness (QED) is 0.851. The summed E-state index contributed by atoms with van der Waals surface area (Å²) in [6.45, 7) is 1.51. The summed E-state index contributed by atoms with van der Waals surface area (Å²) in [5.41, 5.74) is 7.17. The zero-order valence-corrected chi connectivity index (χ0v) is 15.8. The Kier molecular flexibility index (Phi) is 6.51. The highest BCUT2D eigenvalue weighted by molar-refractivity contribution is 7.13. The first-order chi connectivity index (χ1) is 11.3. The Morgan fingerprint density at radius 1 is 1.32 bits per heavy atom. The Labute approximate surface area is 162 Å². The predicted molar refractivity (Wildman–Crippen MR) is 101 cm³/mol. The summed E-state index contributed by atoms with van der Waals surface area (Å²) in [5, 5.41) is 2.61. The highest BCUT2D eigenvalue weighted by atomic mass is 35.5. The van der Waals surface area contributed by atoms with Gasteiger partial charge in [0.2, 0.25) is 6.79 Å². The molecule has 0 spiro atoms. The van der Waals surface area contributed by atoms with Crippen LogP contribution in [0.15, 0.2) is 23.6 Å².